The molecule has 1 aromatic rings. The Kier molecular flexibility index (Phi) is 7.45. The van der Waals surface area contributed by atoms with Crippen molar-refractivity contribution in [3.8, 4) is 5.75 Å². The third-order valence-corrected chi connectivity index (χ3v) is 9.30. The molecule has 0 radical (unpaired) electrons. The normalized spacial score (nSPS) is 29.1. The third kappa shape index (κ3) is 5.61. The molecule has 2 bridgehead atoms. The molecule has 3 aliphatic carbocycles. The zero-order chi connectivity index (χ0) is 28.0. The largest absolute Gasteiger partial charge is 0.487 e. The number of carbonyl (C=O) groups excluding carboxylic acids is 1. The van der Waals surface area contributed by atoms with E-state index in [2.05, 4.69) is 49.6 Å². The number of amidine groups is 1. The summed E-state index contributed by atoms with van der Waals surface area (Å²) in [4.78, 5) is 12.4. The number of benzene rings is 1. The van der Waals surface area contributed by atoms with E-state index < -0.39 is 11.2 Å². The van der Waals surface area contributed by atoms with Gasteiger partial charge in [0.05, 0.1) is 0 Å². The lowest BCUT2D eigenvalue weighted by Crippen LogP contribution is -2.64. The zero-order valence-corrected chi connectivity index (χ0v) is 24.5. The van der Waals surface area contributed by atoms with E-state index in [0.717, 1.165) is 68.2 Å². The minimum Gasteiger partial charge on any atom is -0.487 e. The fourth-order valence-corrected chi connectivity index (χ4v) is 6.33. The highest BCUT2D eigenvalue weighted by atomic mass is 16.6. The van der Waals surface area contributed by atoms with Gasteiger partial charge in [-0.1, -0.05) is 25.9 Å². The molecular weight excluding hydrogens is 482 g/mol. The predicted molar refractivity (Wildman–Crippen MR) is 148 cm³/mol. The van der Waals surface area contributed by atoms with Gasteiger partial charge >= 0.3 is 6.09 Å². The van der Waals surface area contributed by atoms with Crippen LogP contribution in [0.1, 0.15) is 105 Å². The summed E-state index contributed by atoms with van der Waals surface area (Å²) in [5.41, 5.74) is 0.580. The Morgan fingerprint density at radius 1 is 1.00 bits per heavy atom. The van der Waals surface area contributed by atoms with Crippen LogP contribution in [0.4, 0.5) is 4.79 Å². The van der Waals surface area contributed by atoms with Gasteiger partial charge in [0.25, 0.3) is 0 Å². The van der Waals surface area contributed by atoms with Gasteiger partial charge in [0.15, 0.2) is 5.84 Å². The van der Waals surface area contributed by atoms with Crippen LogP contribution in [0.25, 0.3) is 0 Å². The first-order valence-electron chi connectivity index (χ1n) is 14.0. The van der Waals surface area contributed by atoms with Gasteiger partial charge in [-0.15, -0.1) is 0 Å². The van der Waals surface area contributed by atoms with Gasteiger partial charge in [0.1, 0.15) is 23.1 Å². The van der Waals surface area contributed by atoms with Crippen LogP contribution in [0.15, 0.2) is 23.4 Å². The van der Waals surface area contributed by atoms with Crippen molar-refractivity contribution in [3.63, 3.8) is 0 Å². The summed E-state index contributed by atoms with van der Waals surface area (Å²) in [7, 11) is 1.76. The Balaban J connectivity index is 1.42. The number of oxime groups is 1. The van der Waals surface area contributed by atoms with E-state index in [1.54, 1.807) is 7.11 Å². The molecule has 38 heavy (non-hydrogen) atoms. The number of aryl methyl sites for hydroxylation is 1. The van der Waals surface area contributed by atoms with Crippen LogP contribution in [-0.4, -0.2) is 52.6 Å². The lowest BCUT2D eigenvalue weighted by molar-refractivity contribution is -0.147. The number of rotatable bonds is 5. The van der Waals surface area contributed by atoms with Crippen molar-refractivity contribution in [1.82, 2.24) is 10.6 Å². The summed E-state index contributed by atoms with van der Waals surface area (Å²) < 4.78 is 17.9. The number of nitrogens with zero attached hydrogens (tertiary/aromatic N) is 1. The molecule has 1 heterocycles. The first-order valence-corrected chi connectivity index (χ1v) is 14.0. The summed E-state index contributed by atoms with van der Waals surface area (Å²) in [6.07, 6.45) is 6.59. The summed E-state index contributed by atoms with van der Waals surface area (Å²) in [6.45, 7) is 14.3. The fourth-order valence-electron chi connectivity index (χ4n) is 6.33. The summed E-state index contributed by atoms with van der Waals surface area (Å²) in [5, 5.41) is 20.4. The van der Waals surface area contributed by atoms with Crippen LogP contribution in [0.3, 0.4) is 0 Å². The molecule has 1 amide bonds. The Hall–Kier alpha value is -2.48. The molecule has 0 saturated heterocycles. The van der Waals surface area contributed by atoms with Gasteiger partial charge in [-0.05, 0) is 108 Å². The molecule has 3 saturated carbocycles. The minimum atomic E-state index is -0.515. The highest BCUT2D eigenvalue weighted by molar-refractivity contribution is 5.99. The highest BCUT2D eigenvalue weighted by Crippen LogP contribution is 2.47. The minimum absolute atomic E-state index is 0.0483. The summed E-state index contributed by atoms with van der Waals surface area (Å²) in [5.74, 6) is 1.35. The fraction of sp³-hybridized carbons (Fsp3) is 0.733. The molecule has 2 atom stereocenters. The van der Waals surface area contributed by atoms with Gasteiger partial charge in [-0.25, -0.2) is 4.79 Å². The van der Waals surface area contributed by atoms with Crippen molar-refractivity contribution >= 4 is 11.9 Å². The van der Waals surface area contributed by atoms with E-state index in [1.165, 1.54) is 0 Å². The molecule has 1 aliphatic heterocycles. The zero-order valence-electron chi connectivity index (χ0n) is 24.5. The molecular formula is C30H47N3O5. The van der Waals surface area contributed by atoms with Crippen LogP contribution in [-0.2, 0) is 15.9 Å². The number of hydrogen-bond acceptors (Lipinski definition) is 6. The predicted octanol–water partition coefficient (Wildman–Crippen LogP) is 5.93. The third-order valence-electron chi connectivity index (χ3n) is 9.30. The molecule has 4 aliphatic rings. The van der Waals surface area contributed by atoms with E-state index in [9.17, 15) is 10.0 Å². The van der Waals surface area contributed by atoms with Gasteiger partial charge in [0.2, 0.25) is 0 Å². The second-order valence-electron chi connectivity index (χ2n) is 13.8. The quantitative estimate of drug-likeness (QED) is 0.189. The number of methoxy groups -OCH3 is 1. The average Bonchev–Trinajstić information content (AvgIpc) is 2.85. The van der Waals surface area contributed by atoms with E-state index >= 15 is 0 Å². The molecule has 3 fully saturated rings. The van der Waals surface area contributed by atoms with E-state index in [1.807, 2.05) is 32.9 Å². The van der Waals surface area contributed by atoms with Gasteiger partial charge in [-0.2, -0.15) is 0 Å². The molecule has 5 rings (SSSR count). The van der Waals surface area contributed by atoms with Crippen LogP contribution < -0.4 is 15.4 Å². The highest BCUT2D eigenvalue weighted by Gasteiger charge is 2.50. The van der Waals surface area contributed by atoms with Crippen LogP contribution in [0.5, 0.6) is 5.75 Å². The number of alkyl carbamates (subject to hydrolysis) is 1. The Bertz CT molecular complexity index is 1050. The van der Waals surface area contributed by atoms with Crippen molar-refractivity contribution in [3.05, 3.63) is 29.3 Å². The molecule has 8 heteroatoms. The van der Waals surface area contributed by atoms with Crippen molar-refractivity contribution in [1.29, 1.82) is 0 Å². The van der Waals surface area contributed by atoms with Crippen molar-refractivity contribution in [2.75, 3.05) is 7.11 Å². The SMILES string of the molecule is CO[C@@](C)([C@H]1CCc2cc(/C(=N/O)NC34CCC(NC(=O)OC(C)(C)C)(CC3)CC4)ccc2O1)C(C)(C)C. The van der Waals surface area contributed by atoms with Crippen molar-refractivity contribution < 1.29 is 24.2 Å². The first-order chi connectivity index (χ1) is 17.6. The maximum atomic E-state index is 12.4. The number of carbonyl (C=O) groups is 1. The number of nitrogens with one attached hydrogen (secondary N) is 2. The monoisotopic (exact) mass is 529 g/mol. The van der Waals surface area contributed by atoms with Crippen LogP contribution in [0, 0.1) is 5.41 Å². The van der Waals surface area contributed by atoms with Gasteiger partial charge in [-0.3, -0.25) is 0 Å². The number of fused-ring (bicyclic) bond motifs is 4. The molecule has 8 nitrogen and oxygen atoms in total. The Morgan fingerprint density at radius 3 is 2.08 bits per heavy atom. The van der Waals surface area contributed by atoms with Gasteiger partial charge < -0.3 is 30.1 Å². The maximum Gasteiger partial charge on any atom is 0.408 e. The topological polar surface area (TPSA) is 101 Å². The number of ether oxygens (including phenoxy) is 3. The smallest absolute Gasteiger partial charge is 0.408 e. The Morgan fingerprint density at radius 2 is 1.58 bits per heavy atom. The summed E-state index contributed by atoms with van der Waals surface area (Å²) >= 11 is 0. The second kappa shape index (κ2) is 9.92. The van der Waals surface area contributed by atoms with Crippen LogP contribution >= 0.6 is 0 Å². The second-order valence-corrected chi connectivity index (χ2v) is 13.8. The van der Waals surface area contributed by atoms with Crippen LogP contribution in [0.2, 0.25) is 0 Å². The maximum absolute atomic E-state index is 12.4. The van der Waals surface area contributed by atoms with E-state index in [4.69, 9.17) is 14.2 Å². The number of amides is 1. The van der Waals surface area contributed by atoms with Crippen molar-refractivity contribution in [2.24, 2.45) is 10.6 Å². The molecule has 1 aromatic carbocycles. The number of hydrogen-bond donors (Lipinski definition) is 3. The molecule has 0 spiro atoms. The van der Waals surface area contributed by atoms with Gasteiger partial charge in [0, 0.05) is 23.8 Å². The van der Waals surface area contributed by atoms with E-state index in [-0.39, 0.29) is 28.7 Å². The molecule has 3 N–H and O–H groups in total. The lowest BCUT2D eigenvalue weighted by atomic mass is 9.61. The summed E-state index contributed by atoms with van der Waals surface area (Å²) in [6, 6.07) is 6.02. The molecule has 212 valence electrons. The molecule has 0 unspecified atom stereocenters. The standard InChI is InChI=1S/C30H47N3O5/c1-26(2,3)28(7,36-8)23-12-10-20-19-21(9-11-22(20)37-23)24(33-35)31-29-13-16-30(17-14-29,18-15-29)32-25(34)38-27(4,5)6/h9,11,19,23,35H,10,12-18H2,1-8H3,(H,31,33)(H,32,34)/t23-,28+,29?,30?/m1/s1. The molecule has 0 aromatic heterocycles. The van der Waals surface area contributed by atoms with E-state index in [0.29, 0.717) is 5.84 Å². The average molecular weight is 530 g/mol. The first kappa shape index (κ1) is 28.5. The van der Waals surface area contributed by atoms with Crippen molar-refractivity contribution in [2.45, 2.75) is 128 Å². The lowest BCUT2D eigenvalue weighted by Gasteiger charge is -2.54. The Labute approximate surface area is 227 Å².